The van der Waals surface area contributed by atoms with Crippen LogP contribution in [0, 0.1) is 0 Å². The van der Waals surface area contributed by atoms with Gasteiger partial charge in [0, 0.05) is 30.0 Å². The van der Waals surface area contributed by atoms with Crippen LogP contribution in [0.1, 0.15) is 21.6 Å². The van der Waals surface area contributed by atoms with Gasteiger partial charge in [0.05, 0.1) is 5.56 Å². The average molecular weight is 450 g/mol. The smallest absolute Gasteiger partial charge is 0.434 e. The van der Waals surface area contributed by atoms with Crippen molar-refractivity contribution >= 4 is 23.2 Å². The molecule has 3 rings (SSSR count). The highest BCUT2D eigenvalue weighted by molar-refractivity contribution is 6.30. The molecule has 0 fully saturated rings. The number of halogens is 4. The molecule has 2 aromatic carbocycles. The molecule has 162 valence electrons. The van der Waals surface area contributed by atoms with Crippen molar-refractivity contribution in [3.63, 3.8) is 0 Å². The van der Waals surface area contributed by atoms with E-state index < -0.39 is 23.3 Å². The Balaban J connectivity index is 1.79. The number of alkyl halides is 3. The van der Waals surface area contributed by atoms with E-state index in [0.29, 0.717) is 23.1 Å². The van der Waals surface area contributed by atoms with Gasteiger partial charge < -0.3 is 15.4 Å². The highest BCUT2D eigenvalue weighted by Crippen LogP contribution is 2.31. The average Bonchev–Trinajstić information content (AvgIpc) is 2.76. The number of carbonyl (C=O) groups excluding carboxylic acids is 1. The van der Waals surface area contributed by atoms with Crippen LogP contribution in [0.2, 0.25) is 5.02 Å². The summed E-state index contributed by atoms with van der Waals surface area (Å²) in [6.07, 6.45) is -3.75. The highest BCUT2D eigenvalue weighted by atomic mass is 35.5. The number of benzene rings is 2. The van der Waals surface area contributed by atoms with Crippen molar-refractivity contribution in [2.45, 2.75) is 12.8 Å². The summed E-state index contributed by atoms with van der Waals surface area (Å²) in [5.74, 6) is -0.295. The molecular formula is C22H19ClF3N3O2. The molecule has 9 heteroatoms. The Labute approximate surface area is 182 Å². The first kappa shape index (κ1) is 22.6. The summed E-state index contributed by atoms with van der Waals surface area (Å²) in [5, 5.41) is 0.625. The maximum atomic E-state index is 13.3. The third-order valence-electron chi connectivity index (χ3n) is 4.37. The zero-order valence-corrected chi connectivity index (χ0v) is 17.0. The molecule has 0 aliphatic carbocycles. The number of ether oxygens (including phenoxy) is 1. The van der Waals surface area contributed by atoms with Gasteiger partial charge in [-0.25, -0.2) is 0 Å². The predicted octanol–water partition coefficient (Wildman–Crippen LogP) is 4.94. The molecule has 2 N–H and O–H groups in total. The largest absolute Gasteiger partial charge is 0.489 e. The van der Waals surface area contributed by atoms with Gasteiger partial charge in [-0.3, -0.25) is 9.78 Å². The van der Waals surface area contributed by atoms with Crippen molar-refractivity contribution in [2.75, 3.05) is 18.0 Å². The second-order valence-electron chi connectivity index (χ2n) is 6.55. The number of anilines is 1. The number of aromatic nitrogens is 1. The first-order valence-corrected chi connectivity index (χ1v) is 9.69. The van der Waals surface area contributed by atoms with Gasteiger partial charge in [-0.15, -0.1) is 0 Å². The van der Waals surface area contributed by atoms with Crippen molar-refractivity contribution in [2.24, 2.45) is 5.73 Å². The molecule has 0 unspecified atom stereocenters. The molecule has 0 aliphatic rings. The summed E-state index contributed by atoms with van der Waals surface area (Å²) in [7, 11) is 0. The number of hydrogen-bond acceptors (Lipinski definition) is 4. The van der Waals surface area contributed by atoms with Gasteiger partial charge >= 0.3 is 6.18 Å². The van der Waals surface area contributed by atoms with E-state index in [4.69, 9.17) is 22.1 Å². The van der Waals surface area contributed by atoms with Gasteiger partial charge in [-0.2, -0.15) is 13.2 Å². The normalized spacial score (nSPS) is 11.3. The van der Waals surface area contributed by atoms with Crippen molar-refractivity contribution in [1.29, 1.82) is 0 Å². The van der Waals surface area contributed by atoms with Crippen LogP contribution in [0.5, 0.6) is 5.75 Å². The Morgan fingerprint density at radius 2 is 1.74 bits per heavy atom. The summed E-state index contributed by atoms with van der Waals surface area (Å²) in [6, 6.07) is 16.0. The van der Waals surface area contributed by atoms with Crippen molar-refractivity contribution in [3.8, 4) is 5.75 Å². The molecular weight excluding hydrogens is 431 g/mol. The fraction of sp³-hybridized carbons (Fsp3) is 0.182. The summed E-state index contributed by atoms with van der Waals surface area (Å²) >= 11 is 5.86. The van der Waals surface area contributed by atoms with Gasteiger partial charge in [0.15, 0.2) is 5.69 Å². The fourth-order valence-electron chi connectivity index (χ4n) is 2.90. The van der Waals surface area contributed by atoms with E-state index in [1.54, 1.807) is 36.4 Å². The lowest BCUT2D eigenvalue weighted by Gasteiger charge is -2.24. The maximum absolute atomic E-state index is 13.3. The maximum Gasteiger partial charge on any atom is 0.434 e. The van der Waals surface area contributed by atoms with E-state index in [1.807, 2.05) is 12.1 Å². The third kappa shape index (κ3) is 5.74. The third-order valence-corrected chi connectivity index (χ3v) is 4.62. The van der Waals surface area contributed by atoms with Gasteiger partial charge in [-0.1, -0.05) is 23.7 Å². The van der Waals surface area contributed by atoms with Crippen molar-refractivity contribution < 1.29 is 22.7 Å². The molecule has 0 radical (unpaired) electrons. The van der Waals surface area contributed by atoms with Crippen LogP contribution in [-0.2, 0) is 12.8 Å². The van der Waals surface area contributed by atoms with Gasteiger partial charge in [0.1, 0.15) is 12.4 Å². The van der Waals surface area contributed by atoms with E-state index in [1.165, 1.54) is 11.0 Å². The molecule has 0 bridgehead atoms. The quantitative estimate of drug-likeness (QED) is 0.555. The van der Waals surface area contributed by atoms with Crippen LogP contribution >= 0.6 is 11.6 Å². The Hall–Kier alpha value is -3.10. The minimum atomic E-state index is -4.75. The molecule has 1 heterocycles. The molecule has 5 nitrogen and oxygen atoms in total. The lowest BCUT2D eigenvalue weighted by atomic mass is 10.1. The molecule has 0 saturated carbocycles. The van der Waals surface area contributed by atoms with Crippen LogP contribution < -0.4 is 15.4 Å². The fourth-order valence-corrected chi connectivity index (χ4v) is 3.02. The topological polar surface area (TPSA) is 68.5 Å². The summed E-state index contributed by atoms with van der Waals surface area (Å²) in [5.41, 5.74) is 5.14. The van der Waals surface area contributed by atoms with Gasteiger partial charge in [0.25, 0.3) is 5.91 Å². The predicted molar refractivity (Wildman–Crippen MR) is 112 cm³/mol. The molecule has 0 saturated heterocycles. The lowest BCUT2D eigenvalue weighted by molar-refractivity contribution is -0.141. The minimum absolute atomic E-state index is 0.0377. The monoisotopic (exact) mass is 449 g/mol. The van der Waals surface area contributed by atoms with E-state index in [9.17, 15) is 18.0 Å². The van der Waals surface area contributed by atoms with Crippen LogP contribution in [0.4, 0.5) is 18.9 Å². The molecule has 31 heavy (non-hydrogen) atoms. The number of hydrogen-bond donors (Lipinski definition) is 1. The van der Waals surface area contributed by atoms with Crippen LogP contribution in [0.25, 0.3) is 0 Å². The minimum Gasteiger partial charge on any atom is -0.489 e. The molecule has 3 aromatic rings. The second kappa shape index (κ2) is 9.80. The number of nitrogens with two attached hydrogens (primary N) is 1. The molecule has 1 amide bonds. The van der Waals surface area contributed by atoms with Crippen molar-refractivity contribution in [1.82, 2.24) is 4.98 Å². The van der Waals surface area contributed by atoms with Crippen LogP contribution in [0.15, 0.2) is 66.9 Å². The summed E-state index contributed by atoms with van der Waals surface area (Å²) in [4.78, 5) is 17.5. The van der Waals surface area contributed by atoms with Gasteiger partial charge in [-0.05, 0) is 54.1 Å². The first-order chi connectivity index (χ1) is 14.8. The Kier molecular flexibility index (Phi) is 7.14. The second-order valence-corrected chi connectivity index (χ2v) is 6.99. The van der Waals surface area contributed by atoms with E-state index in [0.717, 1.165) is 17.8 Å². The van der Waals surface area contributed by atoms with Crippen molar-refractivity contribution in [3.05, 3.63) is 88.7 Å². The van der Waals surface area contributed by atoms with Crippen LogP contribution in [0.3, 0.4) is 0 Å². The number of carbonyl (C=O) groups is 1. The van der Waals surface area contributed by atoms with E-state index in [-0.39, 0.29) is 13.1 Å². The zero-order valence-electron chi connectivity index (χ0n) is 16.3. The van der Waals surface area contributed by atoms with E-state index >= 15 is 0 Å². The first-order valence-electron chi connectivity index (χ1n) is 9.31. The summed E-state index contributed by atoms with van der Waals surface area (Å²) < 4.78 is 45.5. The molecule has 1 aromatic heterocycles. The van der Waals surface area contributed by atoms with E-state index in [2.05, 4.69) is 4.98 Å². The Morgan fingerprint density at radius 1 is 1.06 bits per heavy atom. The van der Waals surface area contributed by atoms with Gasteiger partial charge in [0.2, 0.25) is 0 Å². The highest BCUT2D eigenvalue weighted by Gasteiger charge is 2.38. The zero-order chi connectivity index (χ0) is 22.4. The van der Waals surface area contributed by atoms with Crippen LogP contribution in [-0.4, -0.2) is 24.0 Å². The number of nitrogens with zero attached hydrogens (tertiary/aromatic N) is 2. The Morgan fingerprint density at radius 3 is 2.35 bits per heavy atom. The summed E-state index contributed by atoms with van der Waals surface area (Å²) in [6.45, 7) is 0.421. The molecule has 0 spiro atoms. The SMILES string of the molecule is NCCN(C(=O)c1cccnc1C(F)(F)F)c1ccc(OCc2ccc(Cl)cc2)cc1. The number of amides is 1. The standard InChI is InChI=1S/C22H19ClF3N3O2/c23-16-5-3-15(4-6-16)14-31-18-9-7-17(8-10-18)29(13-11-27)21(30)19-2-1-12-28-20(19)22(24,25)26/h1-10,12H,11,13-14,27H2. The number of pyridine rings is 1. The number of rotatable bonds is 7. The molecule has 0 atom stereocenters. The molecule has 0 aliphatic heterocycles. The lowest BCUT2D eigenvalue weighted by Crippen LogP contribution is -2.36. The Bertz CT molecular complexity index is 1030.